The second-order valence-electron chi connectivity index (χ2n) is 5.20. The van der Waals surface area contributed by atoms with E-state index in [2.05, 4.69) is 30.1 Å². The highest BCUT2D eigenvalue weighted by molar-refractivity contribution is 5.86. The quantitative estimate of drug-likeness (QED) is 0.662. The van der Waals surface area contributed by atoms with Crippen LogP contribution in [0.5, 0.6) is 0 Å². The molecule has 0 aliphatic rings. The first-order valence-corrected chi connectivity index (χ1v) is 6.58. The highest BCUT2D eigenvalue weighted by Gasteiger charge is 2.08. The molecule has 0 aliphatic carbocycles. The highest BCUT2D eigenvalue weighted by Crippen LogP contribution is 2.28. The largest absolute Gasteiger partial charge is 0.334 e. The lowest BCUT2D eigenvalue weighted by molar-refractivity contribution is 0.112. The van der Waals surface area contributed by atoms with Gasteiger partial charge in [-0.15, -0.1) is 0 Å². The summed E-state index contributed by atoms with van der Waals surface area (Å²) >= 11 is 0. The van der Waals surface area contributed by atoms with Crippen molar-refractivity contribution in [2.45, 2.75) is 13.8 Å². The molecule has 3 nitrogen and oxygen atoms in total. The fourth-order valence-corrected chi connectivity index (χ4v) is 2.56. The van der Waals surface area contributed by atoms with Gasteiger partial charge >= 0.3 is 0 Å². The van der Waals surface area contributed by atoms with Gasteiger partial charge in [-0.3, -0.25) is 4.79 Å². The minimum atomic E-state index is 0.741. The minimum absolute atomic E-state index is 0.741. The monoisotopic (exact) mass is 264 g/mol. The zero-order chi connectivity index (χ0) is 14.3. The third kappa shape index (κ3) is 1.92. The number of aromatic nitrogens is 2. The molecule has 3 aromatic rings. The van der Waals surface area contributed by atoms with Crippen molar-refractivity contribution in [3.63, 3.8) is 0 Å². The van der Waals surface area contributed by atoms with Crippen LogP contribution in [0, 0.1) is 13.8 Å². The van der Waals surface area contributed by atoms with Crippen LogP contribution in [-0.2, 0) is 7.05 Å². The molecule has 0 radical (unpaired) electrons. The molecule has 0 amide bonds. The van der Waals surface area contributed by atoms with Gasteiger partial charge in [0, 0.05) is 12.6 Å². The number of rotatable bonds is 2. The number of imidazole rings is 1. The Labute approximate surface area is 117 Å². The van der Waals surface area contributed by atoms with Crippen molar-refractivity contribution in [3.8, 4) is 11.1 Å². The van der Waals surface area contributed by atoms with E-state index in [0.29, 0.717) is 0 Å². The molecule has 0 unspecified atom stereocenters. The van der Waals surface area contributed by atoms with Crippen LogP contribution in [0.4, 0.5) is 0 Å². The maximum absolute atomic E-state index is 10.9. The van der Waals surface area contributed by atoms with Gasteiger partial charge in [0.1, 0.15) is 6.29 Å². The number of fused-ring (bicyclic) bond motifs is 1. The lowest BCUT2D eigenvalue weighted by Gasteiger charge is -2.09. The highest BCUT2D eigenvalue weighted by atomic mass is 16.1. The number of aldehydes is 1. The standard InChI is InChI=1S/C17H16N2O/c1-11-6-13(4-5-14(11)9-20)15-8-16-17(7-12(15)2)19(3)10-18-16/h4-10H,1-3H3. The van der Waals surface area contributed by atoms with Gasteiger partial charge in [0.2, 0.25) is 0 Å². The molecule has 20 heavy (non-hydrogen) atoms. The normalized spacial score (nSPS) is 10.9. The molecule has 1 aromatic heterocycles. The van der Waals surface area contributed by atoms with Crippen LogP contribution in [0.1, 0.15) is 21.5 Å². The predicted molar refractivity (Wildman–Crippen MR) is 81.0 cm³/mol. The first-order valence-electron chi connectivity index (χ1n) is 6.58. The number of hydrogen-bond acceptors (Lipinski definition) is 2. The summed E-state index contributed by atoms with van der Waals surface area (Å²) in [5, 5.41) is 0. The molecule has 0 spiro atoms. The van der Waals surface area contributed by atoms with Crippen molar-refractivity contribution in [1.29, 1.82) is 0 Å². The summed E-state index contributed by atoms with van der Waals surface area (Å²) in [6, 6.07) is 10.2. The van der Waals surface area contributed by atoms with Crippen molar-refractivity contribution in [1.82, 2.24) is 9.55 Å². The van der Waals surface area contributed by atoms with Crippen molar-refractivity contribution in [2.75, 3.05) is 0 Å². The minimum Gasteiger partial charge on any atom is -0.334 e. The molecule has 2 aromatic carbocycles. The molecule has 0 saturated carbocycles. The van der Waals surface area contributed by atoms with Crippen LogP contribution >= 0.6 is 0 Å². The number of carbonyl (C=O) groups excluding carboxylic acids is 1. The summed E-state index contributed by atoms with van der Waals surface area (Å²) < 4.78 is 2.02. The lowest BCUT2D eigenvalue weighted by atomic mass is 9.96. The molecular formula is C17H16N2O. The topological polar surface area (TPSA) is 34.9 Å². The van der Waals surface area contributed by atoms with E-state index in [1.165, 1.54) is 5.56 Å². The van der Waals surface area contributed by atoms with Gasteiger partial charge < -0.3 is 4.57 Å². The Hall–Kier alpha value is -2.42. The molecule has 0 atom stereocenters. The molecule has 1 heterocycles. The molecular weight excluding hydrogens is 248 g/mol. The summed E-state index contributed by atoms with van der Waals surface area (Å²) in [5.41, 5.74) is 7.36. The smallest absolute Gasteiger partial charge is 0.150 e. The number of nitrogens with zero attached hydrogens (tertiary/aromatic N) is 2. The maximum Gasteiger partial charge on any atom is 0.150 e. The molecule has 100 valence electrons. The summed E-state index contributed by atoms with van der Waals surface area (Å²) in [6.07, 6.45) is 2.72. The molecule has 0 fully saturated rings. The molecule has 3 rings (SSSR count). The van der Waals surface area contributed by atoms with Gasteiger partial charge in [-0.05, 0) is 48.2 Å². The van der Waals surface area contributed by atoms with E-state index in [-0.39, 0.29) is 0 Å². The van der Waals surface area contributed by atoms with Crippen molar-refractivity contribution >= 4 is 17.3 Å². The van der Waals surface area contributed by atoms with Gasteiger partial charge in [-0.2, -0.15) is 0 Å². The Kier molecular flexibility index (Phi) is 2.90. The van der Waals surface area contributed by atoms with Gasteiger partial charge in [0.15, 0.2) is 0 Å². The summed E-state index contributed by atoms with van der Waals surface area (Å²) in [4.78, 5) is 15.3. The van der Waals surface area contributed by atoms with E-state index in [9.17, 15) is 4.79 Å². The Morgan fingerprint density at radius 3 is 2.60 bits per heavy atom. The third-order valence-electron chi connectivity index (χ3n) is 3.78. The van der Waals surface area contributed by atoms with Crippen LogP contribution < -0.4 is 0 Å². The van der Waals surface area contributed by atoms with Crippen LogP contribution in [0.3, 0.4) is 0 Å². The SMILES string of the molecule is Cc1cc(-c2cc3ncn(C)c3cc2C)ccc1C=O. The van der Waals surface area contributed by atoms with Crippen molar-refractivity contribution in [3.05, 3.63) is 53.3 Å². The first-order chi connectivity index (χ1) is 9.60. The number of hydrogen-bond donors (Lipinski definition) is 0. The molecule has 0 saturated heterocycles. The summed E-state index contributed by atoms with van der Waals surface area (Å²) in [5.74, 6) is 0. The molecule has 0 aliphatic heterocycles. The maximum atomic E-state index is 10.9. The Morgan fingerprint density at radius 1 is 1.10 bits per heavy atom. The van der Waals surface area contributed by atoms with Crippen molar-refractivity contribution in [2.24, 2.45) is 7.05 Å². The zero-order valence-corrected chi connectivity index (χ0v) is 11.8. The first kappa shape index (κ1) is 12.6. The number of aryl methyl sites for hydroxylation is 3. The number of carbonyl (C=O) groups is 1. The van der Waals surface area contributed by atoms with E-state index in [1.54, 1.807) is 0 Å². The third-order valence-corrected chi connectivity index (χ3v) is 3.78. The fraction of sp³-hybridized carbons (Fsp3) is 0.176. The predicted octanol–water partition coefficient (Wildman–Crippen LogP) is 3.67. The van der Waals surface area contributed by atoms with E-state index in [1.807, 2.05) is 37.0 Å². The Morgan fingerprint density at radius 2 is 1.90 bits per heavy atom. The zero-order valence-electron chi connectivity index (χ0n) is 11.8. The Balaban J connectivity index is 2.21. The second kappa shape index (κ2) is 4.60. The lowest BCUT2D eigenvalue weighted by Crippen LogP contribution is -1.91. The Bertz CT molecular complexity index is 815. The van der Waals surface area contributed by atoms with Gasteiger partial charge in [0.25, 0.3) is 0 Å². The van der Waals surface area contributed by atoms with Crippen molar-refractivity contribution < 1.29 is 4.79 Å². The van der Waals surface area contributed by atoms with E-state index >= 15 is 0 Å². The molecule has 0 bridgehead atoms. The fourth-order valence-electron chi connectivity index (χ4n) is 2.56. The summed E-state index contributed by atoms with van der Waals surface area (Å²) in [6.45, 7) is 4.06. The van der Waals surface area contributed by atoms with E-state index in [0.717, 1.165) is 39.6 Å². The van der Waals surface area contributed by atoms with Crippen LogP contribution in [0.15, 0.2) is 36.7 Å². The second-order valence-corrected chi connectivity index (χ2v) is 5.20. The van der Waals surface area contributed by atoms with Gasteiger partial charge in [-0.1, -0.05) is 18.2 Å². The molecule has 0 N–H and O–H groups in total. The van der Waals surface area contributed by atoms with Gasteiger partial charge in [-0.25, -0.2) is 4.98 Å². The number of benzene rings is 2. The van der Waals surface area contributed by atoms with Crippen LogP contribution in [0.2, 0.25) is 0 Å². The van der Waals surface area contributed by atoms with Gasteiger partial charge in [0.05, 0.1) is 17.4 Å². The van der Waals surface area contributed by atoms with Crippen LogP contribution in [-0.4, -0.2) is 15.8 Å². The average molecular weight is 264 g/mol. The molecule has 3 heteroatoms. The van der Waals surface area contributed by atoms with Crippen LogP contribution in [0.25, 0.3) is 22.2 Å². The van der Waals surface area contributed by atoms with E-state index < -0.39 is 0 Å². The van der Waals surface area contributed by atoms with E-state index in [4.69, 9.17) is 0 Å². The summed E-state index contributed by atoms with van der Waals surface area (Å²) in [7, 11) is 2.00. The average Bonchev–Trinajstić information content (AvgIpc) is 2.79.